The zero-order chi connectivity index (χ0) is 25.2. The first-order valence-corrected chi connectivity index (χ1v) is 11.8. The van der Waals surface area contributed by atoms with Gasteiger partial charge in [-0.05, 0) is 55.5 Å². The lowest BCUT2D eigenvalue weighted by molar-refractivity contribution is -0.137. The van der Waals surface area contributed by atoms with Gasteiger partial charge >= 0.3 is 6.18 Å². The van der Waals surface area contributed by atoms with Crippen LogP contribution in [0.25, 0.3) is 5.69 Å². The Bertz CT molecular complexity index is 1450. The minimum atomic E-state index is -4.61. The van der Waals surface area contributed by atoms with E-state index < -0.39 is 21.8 Å². The normalized spacial score (nSPS) is 11.9. The molecule has 0 aliphatic rings. The summed E-state index contributed by atoms with van der Waals surface area (Å²) >= 11 is 0. The van der Waals surface area contributed by atoms with Gasteiger partial charge in [0.15, 0.2) is 5.78 Å². The van der Waals surface area contributed by atoms with E-state index in [-0.39, 0.29) is 34.3 Å². The van der Waals surface area contributed by atoms with Crippen molar-refractivity contribution in [3.63, 3.8) is 0 Å². The topological polar surface area (TPSA) is 85.2 Å². The molecule has 0 bridgehead atoms. The Morgan fingerprint density at radius 2 is 1.57 bits per heavy atom. The number of carbonyl (C=O) groups is 1. The summed E-state index contributed by atoms with van der Waals surface area (Å²) in [6.45, 7) is 1.09. The molecule has 0 aliphatic carbocycles. The van der Waals surface area contributed by atoms with Gasteiger partial charge in [-0.2, -0.15) is 13.2 Å². The van der Waals surface area contributed by atoms with Crippen LogP contribution >= 0.6 is 0 Å². The third kappa shape index (κ3) is 5.09. The highest BCUT2D eigenvalue weighted by Crippen LogP contribution is 2.33. The number of ketones is 1. The quantitative estimate of drug-likeness (QED) is 0.338. The van der Waals surface area contributed by atoms with Crippen LogP contribution in [-0.2, 0) is 22.7 Å². The molecule has 1 heterocycles. The van der Waals surface area contributed by atoms with E-state index in [0.29, 0.717) is 5.56 Å². The number of nitrogens with zero attached hydrogens (tertiary/aromatic N) is 4. The first kappa shape index (κ1) is 24.1. The van der Waals surface area contributed by atoms with E-state index in [1.807, 2.05) is 0 Å². The summed E-state index contributed by atoms with van der Waals surface area (Å²) in [6.07, 6.45) is -3.36. The van der Waals surface area contributed by atoms with Gasteiger partial charge in [0, 0.05) is 5.56 Å². The Kier molecular flexibility index (Phi) is 6.44. The summed E-state index contributed by atoms with van der Waals surface area (Å²) < 4.78 is 69.3. The van der Waals surface area contributed by atoms with Crippen molar-refractivity contribution in [3.05, 3.63) is 102 Å². The second kappa shape index (κ2) is 9.34. The standard InChI is InChI=1S/C24H19F3N4O3S/c1-17(32)18-11-13-20(14-12-18)31(35(33,34)21-7-3-2-4-8-21)16-19-15-30(29-28-19)23-10-6-5-9-22(23)24(25,26)27/h2-15H,16H2,1H3. The number of sulfonamides is 1. The lowest BCUT2D eigenvalue weighted by Crippen LogP contribution is -2.30. The number of benzene rings is 3. The average Bonchev–Trinajstić information content (AvgIpc) is 3.31. The molecule has 0 saturated carbocycles. The maximum Gasteiger partial charge on any atom is 0.418 e. The molecule has 0 spiro atoms. The number of rotatable bonds is 7. The molecule has 0 amide bonds. The number of Topliss-reactive ketones (excluding diaryl/α,β-unsaturated/α-hetero) is 1. The molecular formula is C24H19F3N4O3S. The van der Waals surface area contributed by atoms with Crippen LogP contribution in [0.4, 0.5) is 18.9 Å². The fraction of sp³-hybridized carbons (Fsp3) is 0.125. The van der Waals surface area contributed by atoms with Crippen LogP contribution < -0.4 is 4.31 Å². The Morgan fingerprint density at radius 3 is 2.20 bits per heavy atom. The minimum absolute atomic E-state index is 0.0189. The summed E-state index contributed by atoms with van der Waals surface area (Å²) in [5.74, 6) is -0.180. The second-order valence-corrected chi connectivity index (χ2v) is 9.46. The number of hydrogen-bond donors (Lipinski definition) is 0. The fourth-order valence-corrected chi connectivity index (χ4v) is 4.90. The smallest absolute Gasteiger partial charge is 0.295 e. The maximum atomic E-state index is 13.5. The van der Waals surface area contributed by atoms with Crippen molar-refractivity contribution in [2.75, 3.05) is 4.31 Å². The van der Waals surface area contributed by atoms with E-state index in [1.165, 1.54) is 67.7 Å². The van der Waals surface area contributed by atoms with E-state index in [4.69, 9.17) is 0 Å². The Labute approximate surface area is 199 Å². The van der Waals surface area contributed by atoms with Crippen LogP contribution in [0.15, 0.2) is 90.0 Å². The lowest BCUT2D eigenvalue weighted by atomic mass is 10.1. The van der Waals surface area contributed by atoms with Gasteiger partial charge in [0.25, 0.3) is 10.0 Å². The molecule has 4 rings (SSSR count). The molecule has 0 atom stereocenters. The molecule has 1 aromatic heterocycles. The van der Waals surface area contributed by atoms with Crippen LogP contribution in [0, 0.1) is 0 Å². The van der Waals surface area contributed by atoms with Crippen LogP contribution in [0.5, 0.6) is 0 Å². The van der Waals surface area contributed by atoms with Crippen molar-refractivity contribution in [2.24, 2.45) is 0 Å². The van der Waals surface area contributed by atoms with Crippen LogP contribution in [-0.4, -0.2) is 29.2 Å². The summed E-state index contributed by atoms with van der Waals surface area (Å²) in [5.41, 5.74) is -0.353. The Hall–Kier alpha value is -3.99. The number of anilines is 1. The molecule has 0 saturated heterocycles. The highest BCUT2D eigenvalue weighted by molar-refractivity contribution is 7.92. The van der Waals surface area contributed by atoms with E-state index >= 15 is 0 Å². The highest BCUT2D eigenvalue weighted by atomic mass is 32.2. The zero-order valence-electron chi connectivity index (χ0n) is 18.3. The van der Waals surface area contributed by atoms with Gasteiger partial charge in [-0.3, -0.25) is 9.10 Å². The monoisotopic (exact) mass is 500 g/mol. The third-order valence-corrected chi connectivity index (χ3v) is 6.98. The largest absolute Gasteiger partial charge is 0.418 e. The number of halogens is 3. The lowest BCUT2D eigenvalue weighted by Gasteiger charge is -2.23. The minimum Gasteiger partial charge on any atom is -0.295 e. The van der Waals surface area contributed by atoms with Gasteiger partial charge in [0.1, 0.15) is 5.69 Å². The number of carbonyl (C=O) groups excluding carboxylic acids is 1. The Morgan fingerprint density at radius 1 is 0.943 bits per heavy atom. The summed E-state index contributed by atoms with van der Waals surface area (Å²) in [6, 6.07) is 18.6. The summed E-state index contributed by atoms with van der Waals surface area (Å²) in [5, 5.41) is 7.72. The van der Waals surface area contributed by atoms with Gasteiger partial charge in [-0.1, -0.05) is 35.5 Å². The van der Waals surface area contributed by atoms with Crippen LogP contribution in [0.1, 0.15) is 28.5 Å². The molecule has 0 aliphatic heterocycles. The fourth-order valence-electron chi connectivity index (χ4n) is 3.45. The molecular weight excluding hydrogens is 481 g/mol. The second-order valence-electron chi connectivity index (χ2n) is 7.60. The van der Waals surface area contributed by atoms with Crippen LogP contribution in [0.2, 0.25) is 0 Å². The molecule has 0 fully saturated rings. The average molecular weight is 501 g/mol. The first-order valence-electron chi connectivity index (χ1n) is 10.3. The predicted octanol–water partition coefficient (Wildman–Crippen LogP) is 4.88. The summed E-state index contributed by atoms with van der Waals surface area (Å²) in [4.78, 5) is 11.7. The number of para-hydroxylation sites is 1. The third-order valence-electron chi connectivity index (χ3n) is 5.20. The van der Waals surface area contributed by atoms with E-state index in [1.54, 1.807) is 18.2 Å². The first-order chi connectivity index (χ1) is 16.6. The van der Waals surface area contributed by atoms with Gasteiger partial charge < -0.3 is 0 Å². The molecule has 11 heteroatoms. The van der Waals surface area contributed by atoms with Crippen LogP contribution in [0.3, 0.4) is 0 Å². The maximum absolute atomic E-state index is 13.5. The summed E-state index contributed by atoms with van der Waals surface area (Å²) in [7, 11) is -4.08. The highest BCUT2D eigenvalue weighted by Gasteiger charge is 2.34. The van der Waals surface area contributed by atoms with Crippen molar-refractivity contribution in [1.29, 1.82) is 0 Å². The van der Waals surface area contributed by atoms with E-state index in [2.05, 4.69) is 10.3 Å². The SMILES string of the molecule is CC(=O)c1ccc(N(Cc2cn(-c3ccccc3C(F)(F)F)nn2)S(=O)(=O)c2ccccc2)cc1. The molecule has 180 valence electrons. The van der Waals surface area contributed by atoms with E-state index in [0.717, 1.165) is 15.1 Å². The molecule has 0 N–H and O–H groups in total. The van der Waals surface area contributed by atoms with Gasteiger partial charge in [0.2, 0.25) is 0 Å². The molecule has 4 aromatic rings. The van der Waals surface area contributed by atoms with Crippen molar-refractivity contribution in [1.82, 2.24) is 15.0 Å². The number of aromatic nitrogens is 3. The predicted molar refractivity (Wildman–Crippen MR) is 123 cm³/mol. The number of hydrogen-bond acceptors (Lipinski definition) is 5. The molecule has 7 nitrogen and oxygen atoms in total. The van der Waals surface area contributed by atoms with Gasteiger partial charge in [-0.25, -0.2) is 13.1 Å². The molecule has 0 unspecified atom stereocenters. The number of alkyl halides is 3. The zero-order valence-corrected chi connectivity index (χ0v) is 19.2. The van der Waals surface area contributed by atoms with Crippen molar-refractivity contribution >= 4 is 21.5 Å². The Balaban J connectivity index is 1.74. The van der Waals surface area contributed by atoms with Crippen molar-refractivity contribution < 1.29 is 26.4 Å². The molecule has 3 aromatic carbocycles. The van der Waals surface area contributed by atoms with Crippen molar-refractivity contribution in [2.45, 2.75) is 24.5 Å². The van der Waals surface area contributed by atoms with Crippen molar-refractivity contribution in [3.8, 4) is 5.69 Å². The van der Waals surface area contributed by atoms with Gasteiger partial charge in [-0.15, -0.1) is 5.10 Å². The van der Waals surface area contributed by atoms with Gasteiger partial charge in [0.05, 0.1) is 34.6 Å². The molecule has 35 heavy (non-hydrogen) atoms. The molecule has 0 radical (unpaired) electrons. The van der Waals surface area contributed by atoms with E-state index in [9.17, 15) is 26.4 Å².